The first-order valence-electron chi connectivity index (χ1n) is 5.15. The summed E-state index contributed by atoms with van der Waals surface area (Å²) in [6.07, 6.45) is 2.44. The highest BCUT2D eigenvalue weighted by Crippen LogP contribution is 2.15. The molecule has 1 saturated heterocycles. The smallest absolute Gasteiger partial charge is 0.354 e. The van der Waals surface area contributed by atoms with E-state index in [2.05, 4.69) is 4.98 Å². The van der Waals surface area contributed by atoms with Crippen LogP contribution < -0.4 is 4.74 Å². The first-order valence-corrected chi connectivity index (χ1v) is 5.15. The van der Waals surface area contributed by atoms with Gasteiger partial charge in [0, 0.05) is 12.5 Å². The van der Waals surface area contributed by atoms with Crippen LogP contribution >= 0.6 is 0 Å². The lowest BCUT2D eigenvalue weighted by Crippen LogP contribution is -2.12. The maximum absolute atomic E-state index is 10.6. The van der Waals surface area contributed by atoms with Crippen molar-refractivity contribution in [2.75, 3.05) is 19.8 Å². The summed E-state index contributed by atoms with van der Waals surface area (Å²) in [5.41, 5.74) is 0.0246. The highest BCUT2D eigenvalue weighted by atomic mass is 16.5. The maximum atomic E-state index is 10.6. The van der Waals surface area contributed by atoms with Crippen LogP contribution in [0, 0.1) is 5.92 Å². The van der Waals surface area contributed by atoms with Crippen LogP contribution in [0.5, 0.6) is 5.75 Å². The van der Waals surface area contributed by atoms with Gasteiger partial charge in [-0.15, -0.1) is 0 Å². The van der Waals surface area contributed by atoms with Crippen LogP contribution in [-0.4, -0.2) is 35.9 Å². The van der Waals surface area contributed by atoms with Gasteiger partial charge in [-0.1, -0.05) is 0 Å². The number of rotatable bonds is 4. The van der Waals surface area contributed by atoms with Gasteiger partial charge in [-0.05, 0) is 18.6 Å². The van der Waals surface area contributed by atoms with Crippen molar-refractivity contribution in [3.05, 3.63) is 24.0 Å². The summed E-state index contributed by atoms with van der Waals surface area (Å²) in [5.74, 6) is -0.00760. The van der Waals surface area contributed by atoms with E-state index < -0.39 is 5.97 Å². The lowest BCUT2D eigenvalue weighted by atomic mass is 10.1. The molecule has 2 heterocycles. The van der Waals surface area contributed by atoms with Crippen LogP contribution in [0.15, 0.2) is 18.3 Å². The third kappa shape index (κ3) is 2.70. The molecule has 5 nitrogen and oxygen atoms in total. The fourth-order valence-corrected chi connectivity index (χ4v) is 1.52. The highest BCUT2D eigenvalue weighted by molar-refractivity contribution is 5.85. The summed E-state index contributed by atoms with van der Waals surface area (Å²) in [5, 5.41) is 8.66. The first kappa shape index (κ1) is 10.9. The number of carboxylic acids is 1. The fourth-order valence-electron chi connectivity index (χ4n) is 1.52. The Morgan fingerprint density at radius 2 is 2.50 bits per heavy atom. The van der Waals surface area contributed by atoms with Gasteiger partial charge in [0.15, 0.2) is 0 Å². The Morgan fingerprint density at radius 1 is 1.62 bits per heavy atom. The van der Waals surface area contributed by atoms with Crippen LogP contribution in [0.3, 0.4) is 0 Å². The molecule has 2 rings (SSSR count). The van der Waals surface area contributed by atoms with E-state index in [1.807, 2.05) is 0 Å². The number of carboxylic acid groups (broad SMARTS) is 1. The van der Waals surface area contributed by atoms with Crippen molar-refractivity contribution < 1.29 is 19.4 Å². The number of pyridine rings is 1. The van der Waals surface area contributed by atoms with Gasteiger partial charge in [-0.25, -0.2) is 9.78 Å². The number of aromatic carboxylic acids is 1. The average molecular weight is 223 g/mol. The lowest BCUT2D eigenvalue weighted by Gasteiger charge is -2.09. The minimum Gasteiger partial charge on any atom is -0.492 e. The molecular weight excluding hydrogens is 210 g/mol. The molecule has 0 spiro atoms. The summed E-state index contributed by atoms with van der Waals surface area (Å²) in [7, 11) is 0. The molecule has 0 aromatic carbocycles. The Morgan fingerprint density at radius 3 is 3.06 bits per heavy atom. The molecular formula is C11H13NO4. The molecule has 0 radical (unpaired) electrons. The molecule has 0 saturated carbocycles. The molecule has 86 valence electrons. The minimum absolute atomic E-state index is 0.0246. The number of carbonyl (C=O) groups is 1. The molecule has 0 aliphatic carbocycles. The zero-order chi connectivity index (χ0) is 11.4. The van der Waals surface area contributed by atoms with Crippen LogP contribution in [0.4, 0.5) is 0 Å². The molecule has 1 aromatic heterocycles. The third-order valence-electron chi connectivity index (χ3n) is 2.47. The summed E-state index contributed by atoms with van der Waals surface area (Å²) in [4.78, 5) is 14.3. The van der Waals surface area contributed by atoms with Crippen molar-refractivity contribution in [1.82, 2.24) is 4.98 Å². The third-order valence-corrected chi connectivity index (χ3v) is 2.47. The molecule has 0 bridgehead atoms. The van der Waals surface area contributed by atoms with Crippen molar-refractivity contribution >= 4 is 5.97 Å². The van der Waals surface area contributed by atoms with Crippen LogP contribution in [0.1, 0.15) is 16.9 Å². The molecule has 5 heteroatoms. The minimum atomic E-state index is -1.03. The molecule has 16 heavy (non-hydrogen) atoms. The quantitative estimate of drug-likeness (QED) is 0.830. The van der Waals surface area contributed by atoms with Gasteiger partial charge < -0.3 is 14.6 Å². The summed E-state index contributed by atoms with van der Waals surface area (Å²) in [6.45, 7) is 2.12. The van der Waals surface area contributed by atoms with E-state index in [1.54, 1.807) is 6.07 Å². The Bertz CT molecular complexity index is 357. The van der Waals surface area contributed by atoms with E-state index in [-0.39, 0.29) is 5.69 Å². The van der Waals surface area contributed by atoms with Crippen molar-refractivity contribution in [3.8, 4) is 5.75 Å². The molecule has 0 amide bonds. The van der Waals surface area contributed by atoms with Gasteiger partial charge in [0.05, 0.1) is 19.4 Å². The summed E-state index contributed by atoms with van der Waals surface area (Å²) >= 11 is 0. The number of hydrogen-bond acceptors (Lipinski definition) is 4. The second-order valence-electron chi connectivity index (χ2n) is 3.72. The first-order chi connectivity index (χ1) is 7.75. The van der Waals surface area contributed by atoms with Crippen LogP contribution in [0.25, 0.3) is 0 Å². The molecule has 1 N–H and O–H groups in total. The van der Waals surface area contributed by atoms with Gasteiger partial charge in [0.1, 0.15) is 11.4 Å². The highest BCUT2D eigenvalue weighted by Gasteiger charge is 2.16. The second kappa shape index (κ2) is 4.94. The molecule has 1 aliphatic heterocycles. The van der Waals surface area contributed by atoms with E-state index in [0.29, 0.717) is 18.3 Å². The van der Waals surface area contributed by atoms with Gasteiger partial charge in [-0.3, -0.25) is 0 Å². The fraction of sp³-hybridized carbons (Fsp3) is 0.455. The number of nitrogens with zero attached hydrogens (tertiary/aromatic N) is 1. The van der Waals surface area contributed by atoms with Crippen molar-refractivity contribution in [2.24, 2.45) is 5.92 Å². The average Bonchev–Trinajstić information content (AvgIpc) is 2.80. The zero-order valence-corrected chi connectivity index (χ0v) is 8.76. The normalized spacial score (nSPS) is 19.6. The summed E-state index contributed by atoms with van der Waals surface area (Å²) in [6, 6.07) is 3.05. The standard InChI is InChI=1S/C11H13NO4/c13-11(14)10-2-1-9(5-12-10)16-7-8-3-4-15-6-8/h1-2,5,8H,3-4,6-7H2,(H,13,14). The lowest BCUT2D eigenvalue weighted by molar-refractivity contribution is 0.0690. The van der Waals surface area contributed by atoms with Gasteiger partial charge in [0.2, 0.25) is 0 Å². The Hall–Kier alpha value is -1.62. The van der Waals surface area contributed by atoms with Crippen LogP contribution in [-0.2, 0) is 4.74 Å². The maximum Gasteiger partial charge on any atom is 0.354 e. The van der Waals surface area contributed by atoms with E-state index in [1.165, 1.54) is 12.3 Å². The van der Waals surface area contributed by atoms with Crippen molar-refractivity contribution in [2.45, 2.75) is 6.42 Å². The predicted octanol–water partition coefficient (Wildman–Crippen LogP) is 1.20. The SMILES string of the molecule is O=C(O)c1ccc(OCC2CCOC2)cn1. The molecule has 1 aromatic rings. The zero-order valence-electron chi connectivity index (χ0n) is 8.76. The number of aromatic nitrogens is 1. The Labute approximate surface area is 93.0 Å². The number of hydrogen-bond donors (Lipinski definition) is 1. The number of ether oxygens (including phenoxy) is 2. The van der Waals surface area contributed by atoms with Gasteiger partial charge >= 0.3 is 5.97 Å². The Kier molecular flexibility index (Phi) is 3.36. The predicted molar refractivity (Wildman–Crippen MR) is 55.6 cm³/mol. The molecule has 1 atom stereocenters. The van der Waals surface area contributed by atoms with E-state index in [9.17, 15) is 4.79 Å². The van der Waals surface area contributed by atoms with E-state index >= 15 is 0 Å². The Balaban J connectivity index is 1.87. The largest absolute Gasteiger partial charge is 0.492 e. The van der Waals surface area contributed by atoms with Crippen molar-refractivity contribution in [3.63, 3.8) is 0 Å². The van der Waals surface area contributed by atoms with Gasteiger partial charge in [0.25, 0.3) is 0 Å². The topological polar surface area (TPSA) is 68.7 Å². The molecule has 1 fully saturated rings. The van der Waals surface area contributed by atoms with Gasteiger partial charge in [-0.2, -0.15) is 0 Å². The van der Waals surface area contributed by atoms with Crippen LogP contribution in [0.2, 0.25) is 0 Å². The molecule has 1 aliphatic rings. The van der Waals surface area contributed by atoms with E-state index in [4.69, 9.17) is 14.6 Å². The van der Waals surface area contributed by atoms with Crippen molar-refractivity contribution in [1.29, 1.82) is 0 Å². The summed E-state index contributed by atoms with van der Waals surface area (Å²) < 4.78 is 10.7. The van der Waals surface area contributed by atoms with E-state index in [0.717, 1.165) is 19.6 Å². The molecule has 1 unspecified atom stereocenters. The second-order valence-corrected chi connectivity index (χ2v) is 3.72. The monoisotopic (exact) mass is 223 g/mol.